The van der Waals surface area contributed by atoms with Gasteiger partial charge in [-0.25, -0.2) is 4.79 Å². The number of hydrogen-bond acceptors (Lipinski definition) is 6. The van der Waals surface area contributed by atoms with Crippen molar-refractivity contribution in [1.82, 2.24) is 0 Å². The second-order valence-corrected chi connectivity index (χ2v) is 6.28. The first kappa shape index (κ1) is 17.3. The van der Waals surface area contributed by atoms with Gasteiger partial charge in [-0.15, -0.1) is 0 Å². The van der Waals surface area contributed by atoms with E-state index >= 15 is 0 Å². The Hall–Kier alpha value is -2.57. The maximum atomic E-state index is 12.2. The molecule has 3 aromatic rings. The molecule has 0 amide bonds. The molecule has 0 aliphatic rings. The number of aliphatic hydroxyl groups is 2. The third-order valence-electron chi connectivity index (χ3n) is 3.84. The Kier molecular flexibility index (Phi) is 4.65. The van der Waals surface area contributed by atoms with E-state index in [0.29, 0.717) is 11.3 Å². The van der Waals surface area contributed by atoms with E-state index in [9.17, 15) is 9.90 Å². The summed E-state index contributed by atoms with van der Waals surface area (Å²) >= 11 is 0. The Morgan fingerprint density at radius 2 is 1.88 bits per heavy atom. The van der Waals surface area contributed by atoms with E-state index in [1.807, 2.05) is 36.4 Å². The van der Waals surface area contributed by atoms with Crippen LogP contribution in [0.3, 0.4) is 0 Å². The summed E-state index contributed by atoms with van der Waals surface area (Å²) in [5, 5.41) is 20.0. The molecule has 1 aromatic heterocycles. The lowest BCUT2D eigenvalue weighted by Crippen LogP contribution is -2.41. The molecule has 132 valence electrons. The number of furan rings is 1. The number of rotatable bonds is 6. The molecule has 6 nitrogen and oxygen atoms in total. The molecule has 1 unspecified atom stereocenters. The van der Waals surface area contributed by atoms with E-state index in [1.54, 1.807) is 19.9 Å². The van der Waals surface area contributed by atoms with E-state index in [4.69, 9.17) is 19.0 Å². The van der Waals surface area contributed by atoms with E-state index in [2.05, 4.69) is 0 Å². The third kappa shape index (κ3) is 3.45. The normalized spacial score (nSPS) is 13.1. The zero-order valence-corrected chi connectivity index (χ0v) is 14.1. The maximum Gasteiger partial charge on any atom is 0.349 e. The van der Waals surface area contributed by atoms with Gasteiger partial charge in [0.25, 0.3) is 0 Å². The zero-order chi connectivity index (χ0) is 18.0. The second kappa shape index (κ2) is 6.74. The molecule has 0 aliphatic heterocycles. The van der Waals surface area contributed by atoms with Crippen LogP contribution in [0.2, 0.25) is 0 Å². The molecule has 2 aromatic carbocycles. The number of carbonyl (C=O) groups is 1. The average Bonchev–Trinajstić information content (AvgIpc) is 2.99. The molecule has 0 saturated heterocycles. The van der Waals surface area contributed by atoms with Crippen LogP contribution in [0.15, 0.2) is 46.9 Å². The van der Waals surface area contributed by atoms with E-state index in [1.165, 1.54) is 0 Å². The van der Waals surface area contributed by atoms with Gasteiger partial charge >= 0.3 is 5.97 Å². The van der Waals surface area contributed by atoms with Crippen molar-refractivity contribution in [3.8, 4) is 5.75 Å². The minimum atomic E-state index is -1.29. The third-order valence-corrected chi connectivity index (χ3v) is 3.84. The highest BCUT2D eigenvalue weighted by atomic mass is 16.6. The highest BCUT2D eigenvalue weighted by molar-refractivity contribution is 6.06. The highest BCUT2D eigenvalue weighted by Gasteiger charge is 2.33. The Balaban J connectivity index is 1.87. The average molecular weight is 344 g/mol. The van der Waals surface area contributed by atoms with Crippen LogP contribution in [0, 0.1) is 0 Å². The van der Waals surface area contributed by atoms with Crippen molar-refractivity contribution < 1.29 is 28.9 Å². The lowest BCUT2D eigenvalue weighted by Gasteiger charge is -2.24. The summed E-state index contributed by atoms with van der Waals surface area (Å²) in [4.78, 5) is 12.2. The summed E-state index contributed by atoms with van der Waals surface area (Å²) in [6, 6.07) is 13.1. The number of benzene rings is 2. The van der Waals surface area contributed by atoms with E-state index in [0.717, 1.165) is 16.4 Å². The molecule has 1 atom stereocenters. The van der Waals surface area contributed by atoms with Crippen LogP contribution in [0.1, 0.15) is 13.8 Å². The molecule has 25 heavy (non-hydrogen) atoms. The molecular formula is C19H20O6. The molecule has 0 spiro atoms. The predicted octanol–water partition coefficient (Wildman–Crippen LogP) is 2.64. The van der Waals surface area contributed by atoms with Gasteiger partial charge in [0.05, 0.1) is 6.61 Å². The number of ether oxygens (including phenoxy) is 2. The standard InChI is InChI=1S/C19H20O6/c1-19(2,18(22)23-11-12(21)10-20)25-16-9-5-7-14-13-6-3-4-8-15(13)24-17(14)16/h3-9,12,20-21H,10-11H2,1-2H3. The van der Waals surface area contributed by atoms with E-state index < -0.39 is 24.3 Å². The van der Waals surface area contributed by atoms with Gasteiger partial charge in [0.15, 0.2) is 16.9 Å². The topological polar surface area (TPSA) is 89.1 Å². The van der Waals surface area contributed by atoms with Crippen LogP contribution in [-0.4, -0.2) is 41.1 Å². The van der Waals surface area contributed by atoms with Crippen LogP contribution in [0.4, 0.5) is 0 Å². The Morgan fingerprint density at radius 1 is 1.16 bits per heavy atom. The fourth-order valence-electron chi connectivity index (χ4n) is 2.52. The fourth-order valence-corrected chi connectivity index (χ4v) is 2.52. The van der Waals surface area contributed by atoms with Gasteiger partial charge in [-0.05, 0) is 26.0 Å². The first-order valence-electron chi connectivity index (χ1n) is 7.98. The van der Waals surface area contributed by atoms with Gasteiger partial charge in [0.1, 0.15) is 18.3 Å². The van der Waals surface area contributed by atoms with Crippen molar-refractivity contribution >= 4 is 27.9 Å². The van der Waals surface area contributed by atoms with Gasteiger partial charge in [0, 0.05) is 10.8 Å². The van der Waals surface area contributed by atoms with Gasteiger partial charge in [-0.3, -0.25) is 0 Å². The Morgan fingerprint density at radius 3 is 2.64 bits per heavy atom. The summed E-state index contributed by atoms with van der Waals surface area (Å²) in [6.07, 6.45) is -1.11. The van der Waals surface area contributed by atoms with Crippen LogP contribution < -0.4 is 4.74 Å². The van der Waals surface area contributed by atoms with Gasteiger partial charge in [-0.2, -0.15) is 0 Å². The summed E-state index contributed by atoms with van der Waals surface area (Å²) < 4.78 is 16.7. The first-order valence-corrected chi connectivity index (χ1v) is 7.98. The molecule has 3 rings (SSSR count). The smallest absolute Gasteiger partial charge is 0.349 e. The molecule has 0 fully saturated rings. The highest BCUT2D eigenvalue weighted by Crippen LogP contribution is 2.36. The molecular weight excluding hydrogens is 324 g/mol. The molecule has 0 bridgehead atoms. The van der Waals surface area contributed by atoms with Gasteiger partial charge < -0.3 is 24.1 Å². The SMILES string of the molecule is CC(C)(Oc1cccc2c1oc1ccccc12)C(=O)OCC(O)CO. The minimum Gasteiger partial charge on any atom is -0.472 e. The number of hydrogen-bond donors (Lipinski definition) is 2. The second-order valence-electron chi connectivity index (χ2n) is 6.28. The van der Waals surface area contributed by atoms with E-state index in [-0.39, 0.29) is 6.61 Å². The number of esters is 1. The minimum absolute atomic E-state index is 0.295. The number of para-hydroxylation sites is 2. The Bertz CT molecular complexity index is 895. The Labute approximate surface area is 144 Å². The van der Waals surface area contributed by atoms with Crippen LogP contribution >= 0.6 is 0 Å². The molecule has 0 radical (unpaired) electrons. The van der Waals surface area contributed by atoms with Crippen molar-refractivity contribution in [1.29, 1.82) is 0 Å². The lowest BCUT2D eigenvalue weighted by molar-refractivity contribution is -0.162. The molecule has 0 aliphatic carbocycles. The van der Waals surface area contributed by atoms with Crippen molar-refractivity contribution in [3.05, 3.63) is 42.5 Å². The van der Waals surface area contributed by atoms with Crippen molar-refractivity contribution in [2.75, 3.05) is 13.2 Å². The lowest BCUT2D eigenvalue weighted by atomic mass is 10.1. The van der Waals surface area contributed by atoms with Crippen LogP contribution in [0.5, 0.6) is 5.75 Å². The van der Waals surface area contributed by atoms with Crippen LogP contribution in [-0.2, 0) is 9.53 Å². The maximum absolute atomic E-state index is 12.2. The van der Waals surface area contributed by atoms with Crippen molar-refractivity contribution in [2.24, 2.45) is 0 Å². The number of aliphatic hydroxyl groups excluding tert-OH is 2. The van der Waals surface area contributed by atoms with Gasteiger partial charge in [-0.1, -0.05) is 30.3 Å². The monoisotopic (exact) mass is 344 g/mol. The zero-order valence-electron chi connectivity index (χ0n) is 14.1. The molecule has 2 N–H and O–H groups in total. The van der Waals surface area contributed by atoms with Crippen molar-refractivity contribution in [3.63, 3.8) is 0 Å². The molecule has 6 heteroatoms. The van der Waals surface area contributed by atoms with Crippen molar-refractivity contribution in [2.45, 2.75) is 25.6 Å². The summed E-state index contributed by atoms with van der Waals surface area (Å²) in [5.41, 5.74) is 0.00239. The van der Waals surface area contributed by atoms with Crippen LogP contribution in [0.25, 0.3) is 21.9 Å². The number of fused-ring (bicyclic) bond motifs is 3. The summed E-state index contributed by atoms with van der Waals surface area (Å²) in [6.45, 7) is 2.37. The first-order chi connectivity index (χ1) is 11.9. The quantitative estimate of drug-likeness (QED) is 0.668. The fraction of sp³-hybridized carbons (Fsp3) is 0.316. The predicted molar refractivity (Wildman–Crippen MR) is 92.5 cm³/mol. The summed E-state index contributed by atoms with van der Waals surface area (Å²) in [5.74, 6) is -0.216. The largest absolute Gasteiger partial charge is 0.472 e. The van der Waals surface area contributed by atoms with Gasteiger partial charge in [0.2, 0.25) is 0 Å². The molecule has 0 saturated carbocycles. The summed E-state index contributed by atoms with van der Waals surface area (Å²) in [7, 11) is 0. The number of carbonyl (C=O) groups excluding carboxylic acids is 1. The molecule has 1 heterocycles.